The summed E-state index contributed by atoms with van der Waals surface area (Å²) in [6, 6.07) is 0. The lowest BCUT2D eigenvalue weighted by Gasteiger charge is -2.11. The number of unbranched alkanes of at least 4 members (excludes halogenated alkanes) is 12. The smallest absolute Gasteiger partial charge is 0.0386 e. The molecule has 0 aromatic rings. The highest BCUT2D eigenvalue weighted by Gasteiger charge is 2.02. The second-order valence-electron chi connectivity index (χ2n) is 6.73. The van der Waals surface area contributed by atoms with Crippen molar-refractivity contribution in [3.8, 4) is 0 Å². The Labute approximate surface area is 130 Å². The van der Waals surface area contributed by atoms with Crippen molar-refractivity contribution in [2.75, 3.05) is 0 Å². The Balaban J connectivity index is 3.10. The SMILES string of the molecule is CCCCC[CH]CCCCC(C)CCCCCCCC. The third-order valence-corrected chi connectivity index (χ3v) is 4.42. The molecule has 0 aromatic carbocycles. The molecule has 0 N–H and O–H groups in total. The molecule has 0 heterocycles. The molecule has 0 saturated heterocycles. The fraction of sp³-hybridized carbons (Fsp3) is 0.950. The molecule has 0 aliphatic heterocycles. The third-order valence-electron chi connectivity index (χ3n) is 4.42. The molecule has 1 atom stereocenters. The summed E-state index contributed by atoms with van der Waals surface area (Å²) < 4.78 is 0. The number of rotatable bonds is 16. The molecule has 0 bridgehead atoms. The zero-order chi connectivity index (χ0) is 14.9. The molecule has 0 amide bonds. The van der Waals surface area contributed by atoms with Crippen molar-refractivity contribution in [2.45, 2.75) is 117 Å². The van der Waals surface area contributed by atoms with E-state index in [0.717, 1.165) is 5.92 Å². The summed E-state index contributed by atoms with van der Waals surface area (Å²) in [5.41, 5.74) is 0. The summed E-state index contributed by atoms with van der Waals surface area (Å²) in [7, 11) is 0. The van der Waals surface area contributed by atoms with Crippen molar-refractivity contribution >= 4 is 0 Å². The van der Waals surface area contributed by atoms with Gasteiger partial charge in [0.1, 0.15) is 0 Å². The van der Waals surface area contributed by atoms with Gasteiger partial charge in [-0.25, -0.2) is 0 Å². The van der Waals surface area contributed by atoms with Crippen LogP contribution < -0.4 is 0 Å². The van der Waals surface area contributed by atoms with E-state index >= 15 is 0 Å². The van der Waals surface area contributed by atoms with E-state index in [0.29, 0.717) is 0 Å². The van der Waals surface area contributed by atoms with E-state index in [1.165, 1.54) is 96.3 Å². The Hall–Kier alpha value is 0. The maximum absolute atomic E-state index is 2.52. The average Bonchev–Trinajstić information content (AvgIpc) is 2.45. The predicted molar refractivity (Wildman–Crippen MR) is 94.1 cm³/mol. The molecule has 0 rings (SSSR count). The van der Waals surface area contributed by atoms with Crippen LogP contribution in [0.2, 0.25) is 0 Å². The predicted octanol–water partition coefficient (Wildman–Crippen LogP) is 7.72. The van der Waals surface area contributed by atoms with E-state index in [4.69, 9.17) is 0 Å². The van der Waals surface area contributed by atoms with Gasteiger partial charge in [-0.1, -0.05) is 117 Å². The summed E-state index contributed by atoms with van der Waals surface area (Å²) in [6.45, 7) is 7.03. The average molecular weight is 282 g/mol. The van der Waals surface area contributed by atoms with Gasteiger partial charge < -0.3 is 0 Å². The summed E-state index contributed by atoms with van der Waals surface area (Å²) in [6.07, 6.45) is 23.8. The lowest BCUT2D eigenvalue weighted by Crippen LogP contribution is -1.95. The zero-order valence-corrected chi connectivity index (χ0v) is 14.8. The minimum atomic E-state index is 0.960. The van der Waals surface area contributed by atoms with Crippen molar-refractivity contribution in [1.82, 2.24) is 0 Å². The van der Waals surface area contributed by atoms with Crippen LogP contribution in [0.3, 0.4) is 0 Å². The van der Waals surface area contributed by atoms with Crippen LogP contribution in [-0.4, -0.2) is 0 Å². The maximum Gasteiger partial charge on any atom is -0.0386 e. The Kier molecular flexibility index (Phi) is 17.1. The molecule has 0 saturated carbocycles. The lowest BCUT2D eigenvalue weighted by molar-refractivity contribution is 0.436. The van der Waals surface area contributed by atoms with Crippen molar-refractivity contribution in [2.24, 2.45) is 5.92 Å². The van der Waals surface area contributed by atoms with Gasteiger partial charge in [0, 0.05) is 0 Å². The van der Waals surface area contributed by atoms with Gasteiger partial charge >= 0.3 is 0 Å². The molecule has 1 unspecified atom stereocenters. The fourth-order valence-electron chi connectivity index (χ4n) is 2.88. The highest BCUT2D eigenvalue weighted by Crippen LogP contribution is 2.18. The first-order chi connectivity index (χ1) is 9.81. The molecule has 0 aromatic heterocycles. The Morgan fingerprint density at radius 3 is 1.70 bits per heavy atom. The van der Waals surface area contributed by atoms with Gasteiger partial charge in [-0.3, -0.25) is 0 Å². The van der Waals surface area contributed by atoms with Gasteiger partial charge in [0.25, 0.3) is 0 Å². The molecule has 0 nitrogen and oxygen atoms in total. The quantitative estimate of drug-likeness (QED) is 0.254. The van der Waals surface area contributed by atoms with Crippen LogP contribution in [0.1, 0.15) is 117 Å². The lowest BCUT2D eigenvalue weighted by atomic mass is 9.96. The molecule has 0 aliphatic rings. The van der Waals surface area contributed by atoms with E-state index in [-0.39, 0.29) is 0 Å². The van der Waals surface area contributed by atoms with Crippen LogP contribution in [0.4, 0.5) is 0 Å². The highest BCUT2D eigenvalue weighted by atomic mass is 14.1. The molecular formula is C20H41. The molecule has 0 fully saturated rings. The molecule has 0 spiro atoms. The van der Waals surface area contributed by atoms with Gasteiger partial charge in [-0.15, -0.1) is 0 Å². The van der Waals surface area contributed by atoms with Gasteiger partial charge in [-0.2, -0.15) is 0 Å². The highest BCUT2D eigenvalue weighted by molar-refractivity contribution is 4.65. The first-order valence-corrected chi connectivity index (χ1v) is 9.62. The second-order valence-corrected chi connectivity index (χ2v) is 6.73. The Bertz CT molecular complexity index is 161. The van der Waals surface area contributed by atoms with Gasteiger partial charge in [0.15, 0.2) is 0 Å². The number of hydrogen-bond acceptors (Lipinski definition) is 0. The molecule has 1 radical (unpaired) electrons. The van der Waals surface area contributed by atoms with Crippen molar-refractivity contribution in [1.29, 1.82) is 0 Å². The van der Waals surface area contributed by atoms with E-state index in [1.807, 2.05) is 0 Å². The largest absolute Gasteiger partial charge is 0.0654 e. The molecule has 121 valence electrons. The third kappa shape index (κ3) is 16.1. The van der Waals surface area contributed by atoms with Crippen molar-refractivity contribution < 1.29 is 0 Å². The van der Waals surface area contributed by atoms with Crippen LogP contribution in [0.5, 0.6) is 0 Å². The van der Waals surface area contributed by atoms with Crippen molar-refractivity contribution in [3.05, 3.63) is 6.42 Å². The van der Waals surface area contributed by atoms with Crippen LogP contribution in [0.25, 0.3) is 0 Å². The molecule has 0 heteroatoms. The van der Waals surface area contributed by atoms with Gasteiger partial charge in [0.2, 0.25) is 0 Å². The number of hydrogen-bond donors (Lipinski definition) is 0. The van der Waals surface area contributed by atoms with Crippen LogP contribution >= 0.6 is 0 Å². The first kappa shape index (κ1) is 20.0. The summed E-state index contributed by atoms with van der Waals surface area (Å²) in [5.74, 6) is 0.960. The van der Waals surface area contributed by atoms with E-state index in [9.17, 15) is 0 Å². The van der Waals surface area contributed by atoms with E-state index in [1.54, 1.807) is 0 Å². The normalized spacial score (nSPS) is 12.8. The summed E-state index contributed by atoms with van der Waals surface area (Å²) >= 11 is 0. The van der Waals surface area contributed by atoms with Crippen LogP contribution in [0.15, 0.2) is 0 Å². The fourth-order valence-corrected chi connectivity index (χ4v) is 2.88. The Morgan fingerprint density at radius 2 is 1.05 bits per heavy atom. The van der Waals surface area contributed by atoms with E-state index < -0.39 is 0 Å². The molecular weight excluding hydrogens is 240 g/mol. The maximum atomic E-state index is 2.52. The standard InChI is InChI=1S/C20H41/c1-4-6-8-10-12-13-15-17-19-20(3)18-16-14-11-9-7-5-2/h12,20H,4-11,13-19H2,1-3H3. The zero-order valence-electron chi connectivity index (χ0n) is 14.8. The van der Waals surface area contributed by atoms with Crippen LogP contribution in [-0.2, 0) is 0 Å². The topological polar surface area (TPSA) is 0 Å². The van der Waals surface area contributed by atoms with Gasteiger partial charge in [-0.05, 0) is 12.3 Å². The van der Waals surface area contributed by atoms with Crippen molar-refractivity contribution in [3.63, 3.8) is 0 Å². The minimum Gasteiger partial charge on any atom is -0.0654 e. The van der Waals surface area contributed by atoms with Gasteiger partial charge in [0.05, 0.1) is 0 Å². The first-order valence-electron chi connectivity index (χ1n) is 9.62. The summed E-state index contributed by atoms with van der Waals surface area (Å²) in [4.78, 5) is 0. The van der Waals surface area contributed by atoms with E-state index in [2.05, 4.69) is 27.2 Å². The summed E-state index contributed by atoms with van der Waals surface area (Å²) in [5, 5.41) is 0. The molecule has 20 heavy (non-hydrogen) atoms. The monoisotopic (exact) mass is 281 g/mol. The minimum absolute atomic E-state index is 0.960. The van der Waals surface area contributed by atoms with Crippen LogP contribution in [0, 0.1) is 12.3 Å². The Morgan fingerprint density at radius 1 is 0.600 bits per heavy atom. The second kappa shape index (κ2) is 17.1. The molecule has 0 aliphatic carbocycles.